The van der Waals surface area contributed by atoms with Crippen molar-refractivity contribution in [1.29, 1.82) is 5.26 Å². The van der Waals surface area contributed by atoms with Crippen LogP contribution >= 0.6 is 11.3 Å². The number of nitrogens with zero attached hydrogens (tertiary/aromatic N) is 2. The molecule has 0 aliphatic heterocycles. The molecule has 0 aliphatic carbocycles. The van der Waals surface area contributed by atoms with Crippen molar-refractivity contribution in [1.82, 2.24) is 4.98 Å². The van der Waals surface area contributed by atoms with Gasteiger partial charge in [0, 0.05) is 16.6 Å². The summed E-state index contributed by atoms with van der Waals surface area (Å²) in [5.74, 6) is 1.08. The first-order chi connectivity index (χ1) is 16.0. The van der Waals surface area contributed by atoms with Crippen LogP contribution in [0, 0.1) is 11.3 Å². The third-order valence-corrected chi connectivity index (χ3v) is 6.12. The van der Waals surface area contributed by atoms with Gasteiger partial charge in [-0.1, -0.05) is 12.1 Å². The molecule has 0 bridgehead atoms. The number of pyridine rings is 1. The minimum atomic E-state index is -0.379. The Bertz CT molecular complexity index is 1370. The average Bonchev–Trinajstić information content (AvgIpc) is 3.15. The molecule has 2 aromatic carbocycles. The second-order valence-corrected chi connectivity index (χ2v) is 8.02. The number of hydrogen-bond donors (Lipinski definition) is 3. The fourth-order valence-corrected chi connectivity index (χ4v) is 4.49. The summed E-state index contributed by atoms with van der Waals surface area (Å²) in [6.45, 7) is 2.44. The lowest BCUT2D eigenvalue weighted by Crippen LogP contribution is -2.11. The van der Waals surface area contributed by atoms with E-state index in [1.807, 2.05) is 31.2 Å². The molecule has 5 N–H and O–H groups in total. The molecule has 8 nitrogen and oxygen atoms in total. The first-order valence-corrected chi connectivity index (χ1v) is 10.9. The number of fused-ring (bicyclic) bond motifs is 1. The molecule has 0 spiro atoms. The Hall–Kier alpha value is -4.29. The van der Waals surface area contributed by atoms with Gasteiger partial charge in [-0.2, -0.15) is 5.26 Å². The van der Waals surface area contributed by atoms with Crippen molar-refractivity contribution in [3.8, 4) is 28.7 Å². The van der Waals surface area contributed by atoms with Crippen molar-refractivity contribution in [2.75, 3.05) is 30.5 Å². The average molecular weight is 460 g/mol. The number of hydrogen-bond acceptors (Lipinski definition) is 8. The maximum atomic E-state index is 13.0. The molecule has 4 rings (SSSR count). The highest BCUT2D eigenvalue weighted by molar-refractivity contribution is 7.21. The van der Waals surface area contributed by atoms with E-state index >= 15 is 0 Å². The van der Waals surface area contributed by atoms with Gasteiger partial charge >= 0.3 is 0 Å². The van der Waals surface area contributed by atoms with Crippen LogP contribution in [0.5, 0.6) is 11.5 Å². The Balaban J connectivity index is 1.81. The summed E-state index contributed by atoms with van der Waals surface area (Å²) in [4.78, 5) is 18.1. The van der Waals surface area contributed by atoms with Crippen molar-refractivity contribution in [2.24, 2.45) is 0 Å². The van der Waals surface area contributed by atoms with Crippen LogP contribution in [0.25, 0.3) is 21.3 Å². The molecule has 1 amide bonds. The number of amides is 1. The minimum Gasteiger partial charge on any atom is -0.497 e. The van der Waals surface area contributed by atoms with E-state index in [9.17, 15) is 10.1 Å². The van der Waals surface area contributed by atoms with Gasteiger partial charge in [0.25, 0.3) is 5.91 Å². The number of nitrogens with one attached hydrogen (secondary N) is 1. The Kier molecular flexibility index (Phi) is 6.02. The molecule has 0 saturated carbocycles. The lowest BCUT2D eigenvalue weighted by molar-refractivity contribution is 0.103. The van der Waals surface area contributed by atoms with Crippen LogP contribution in [0.4, 0.5) is 17.2 Å². The number of nitriles is 1. The van der Waals surface area contributed by atoms with E-state index in [4.69, 9.17) is 20.9 Å². The molecular weight excluding hydrogens is 438 g/mol. The van der Waals surface area contributed by atoms with Gasteiger partial charge in [0.05, 0.1) is 19.4 Å². The van der Waals surface area contributed by atoms with Crippen molar-refractivity contribution < 1.29 is 14.3 Å². The number of nitrogens with two attached hydrogens (primary N) is 2. The van der Waals surface area contributed by atoms with E-state index in [0.717, 1.165) is 16.9 Å². The predicted octanol–water partition coefficient (Wildman–Crippen LogP) is 4.66. The largest absolute Gasteiger partial charge is 0.497 e. The summed E-state index contributed by atoms with van der Waals surface area (Å²) in [6.07, 6.45) is 0. The van der Waals surface area contributed by atoms with Crippen LogP contribution in [0.1, 0.15) is 22.2 Å². The highest BCUT2D eigenvalue weighted by Gasteiger charge is 2.24. The number of ether oxygens (including phenoxy) is 2. The van der Waals surface area contributed by atoms with Crippen LogP contribution in [0.2, 0.25) is 0 Å². The Labute approximate surface area is 194 Å². The van der Waals surface area contributed by atoms with E-state index in [0.29, 0.717) is 39.6 Å². The van der Waals surface area contributed by atoms with Gasteiger partial charge in [0.1, 0.15) is 38.7 Å². The first kappa shape index (κ1) is 21.9. The molecule has 4 aromatic rings. The van der Waals surface area contributed by atoms with E-state index in [2.05, 4.69) is 16.4 Å². The zero-order valence-electron chi connectivity index (χ0n) is 18.0. The Morgan fingerprint density at radius 2 is 1.79 bits per heavy atom. The molecular formula is C24H21N5O3S. The van der Waals surface area contributed by atoms with E-state index in [1.165, 1.54) is 0 Å². The van der Waals surface area contributed by atoms with Crippen molar-refractivity contribution in [3.05, 3.63) is 59.0 Å². The quantitative estimate of drug-likeness (QED) is 0.381. The zero-order valence-corrected chi connectivity index (χ0v) is 18.8. The third-order valence-electron chi connectivity index (χ3n) is 5.02. The highest BCUT2D eigenvalue weighted by Crippen LogP contribution is 2.43. The fourth-order valence-electron chi connectivity index (χ4n) is 3.49. The summed E-state index contributed by atoms with van der Waals surface area (Å²) in [6, 6.07) is 16.4. The summed E-state index contributed by atoms with van der Waals surface area (Å²) >= 11 is 1.13. The normalized spacial score (nSPS) is 10.6. The number of nitrogen functional groups attached to an aromatic ring is 2. The highest BCUT2D eigenvalue weighted by atomic mass is 32.1. The number of methoxy groups -OCH3 is 1. The van der Waals surface area contributed by atoms with Crippen LogP contribution in [0.3, 0.4) is 0 Å². The summed E-state index contributed by atoms with van der Waals surface area (Å²) in [5.41, 5.74) is 14.8. The molecule has 0 unspecified atom stereocenters. The summed E-state index contributed by atoms with van der Waals surface area (Å²) in [5, 5.41) is 13.1. The number of carbonyl (C=O) groups excluding carboxylic acids is 1. The fraction of sp³-hybridized carbons (Fsp3) is 0.125. The summed E-state index contributed by atoms with van der Waals surface area (Å²) in [7, 11) is 1.57. The molecule has 0 fully saturated rings. The molecule has 0 aliphatic rings. The molecule has 33 heavy (non-hydrogen) atoms. The van der Waals surface area contributed by atoms with Gasteiger partial charge in [-0.05, 0) is 48.9 Å². The SMILES string of the molecule is CCOc1ccc(-c2c(C#N)c(N)nc3sc(C(=O)Nc4ccc(OC)cc4)c(N)c23)cc1. The van der Waals surface area contributed by atoms with E-state index in [-0.39, 0.29) is 27.9 Å². The first-order valence-electron chi connectivity index (χ1n) is 10.1. The number of thiophene rings is 1. The number of anilines is 3. The maximum Gasteiger partial charge on any atom is 0.267 e. The molecule has 166 valence electrons. The second-order valence-electron chi connectivity index (χ2n) is 7.02. The third kappa shape index (κ3) is 4.12. The second kappa shape index (κ2) is 9.06. The lowest BCUT2D eigenvalue weighted by atomic mass is 9.97. The van der Waals surface area contributed by atoms with Gasteiger partial charge in [-0.25, -0.2) is 4.98 Å². The van der Waals surface area contributed by atoms with Crippen molar-refractivity contribution >= 4 is 44.7 Å². The smallest absolute Gasteiger partial charge is 0.267 e. The molecule has 2 heterocycles. The lowest BCUT2D eigenvalue weighted by Gasteiger charge is -2.11. The monoisotopic (exact) mass is 459 g/mol. The number of carbonyl (C=O) groups is 1. The maximum absolute atomic E-state index is 13.0. The molecule has 2 aromatic heterocycles. The Morgan fingerprint density at radius 3 is 2.39 bits per heavy atom. The zero-order chi connectivity index (χ0) is 23.5. The van der Waals surface area contributed by atoms with E-state index < -0.39 is 0 Å². The topological polar surface area (TPSA) is 136 Å². The van der Waals surface area contributed by atoms with Gasteiger partial charge in [-0.3, -0.25) is 4.79 Å². The summed E-state index contributed by atoms with van der Waals surface area (Å²) < 4.78 is 10.7. The van der Waals surface area contributed by atoms with Gasteiger partial charge in [0.15, 0.2) is 0 Å². The number of benzene rings is 2. The molecule has 0 saturated heterocycles. The molecule has 0 atom stereocenters. The molecule has 9 heteroatoms. The standard InChI is InChI=1S/C24H21N5O3S/c1-3-32-16-8-4-13(5-9-16)18-17(12-25)22(27)29-24-19(18)20(26)21(33-24)23(30)28-14-6-10-15(31-2)11-7-14/h4-11H,3,26H2,1-2H3,(H2,27,29)(H,28,30). The van der Waals surface area contributed by atoms with Gasteiger partial charge in [0.2, 0.25) is 0 Å². The van der Waals surface area contributed by atoms with Crippen LogP contribution in [-0.2, 0) is 0 Å². The molecule has 0 radical (unpaired) electrons. The van der Waals surface area contributed by atoms with E-state index in [1.54, 1.807) is 31.4 Å². The van der Waals surface area contributed by atoms with Crippen molar-refractivity contribution in [3.63, 3.8) is 0 Å². The Morgan fingerprint density at radius 1 is 1.12 bits per heavy atom. The van der Waals surface area contributed by atoms with Gasteiger partial charge < -0.3 is 26.3 Å². The van der Waals surface area contributed by atoms with Crippen molar-refractivity contribution in [2.45, 2.75) is 6.92 Å². The van der Waals surface area contributed by atoms with Gasteiger partial charge in [-0.15, -0.1) is 11.3 Å². The van der Waals surface area contributed by atoms with Crippen LogP contribution in [0.15, 0.2) is 48.5 Å². The van der Waals surface area contributed by atoms with Crippen LogP contribution < -0.4 is 26.3 Å². The van der Waals surface area contributed by atoms with Crippen LogP contribution in [-0.4, -0.2) is 24.6 Å². The predicted molar refractivity (Wildman–Crippen MR) is 131 cm³/mol. The minimum absolute atomic E-state index is 0.0808. The number of aromatic nitrogens is 1. The number of rotatable bonds is 6.